The van der Waals surface area contributed by atoms with Crippen LogP contribution in [0.3, 0.4) is 0 Å². The predicted molar refractivity (Wildman–Crippen MR) is 77.2 cm³/mol. The number of hydrogen-bond acceptors (Lipinski definition) is 4. The summed E-state index contributed by atoms with van der Waals surface area (Å²) in [5.41, 5.74) is 6.20. The SMILES string of the molecule is CCS(=O)(=O)C(Cl)(I)C(=O)c1ccc(N)cc1. The zero-order valence-corrected chi connectivity index (χ0v) is 12.7. The third-order valence-electron chi connectivity index (χ3n) is 2.21. The highest BCUT2D eigenvalue weighted by atomic mass is 127. The second-order valence-corrected chi connectivity index (χ2v) is 9.57. The van der Waals surface area contributed by atoms with E-state index in [2.05, 4.69) is 0 Å². The van der Waals surface area contributed by atoms with Gasteiger partial charge in [-0.2, -0.15) is 0 Å². The molecule has 0 amide bonds. The average Bonchev–Trinajstić information content (AvgIpc) is 2.28. The van der Waals surface area contributed by atoms with Crippen molar-refractivity contribution in [3.8, 4) is 0 Å². The second kappa shape index (κ2) is 5.11. The lowest BCUT2D eigenvalue weighted by Gasteiger charge is -2.18. The third-order valence-corrected chi connectivity index (χ3v) is 7.31. The van der Waals surface area contributed by atoms with E-state index in [1.807, 2.05) is 0 Å². The highest BCUT2D eigenvalue weighted by molar-refractivity contribution is 14.1. The van der Waals surface area contributed by atoms with E-state index in [0.29, 0.717) is 5.69 Å². The Kier molecular flexibility index (Phi) is 4.43. The number of carbonyl (C=O) groups excluding carboxylic acids is 1. The van der Waals surface area contributed by atoms with Crippen molar-refractivity contribution in [2.75, 3.05) is 11.5 Å². The van der Waals surface area contributed by atoms with Gasteiger partial charge >= 0.3 is 0 Å². The van der Waals surface area contributed by atoms with Crippen LogP contribution in [0, 0.1) is 0 Å². The summed E-state index contributed by atoms with van der Waals surface area (Å²) in [5.74, 6) is -0.846. The molecule has 0 aliphatic carbocycles. The number of alkyl halides is 2. The maximum atomic E-state index is 12.0. The van der Waals surface area contributed by atoms with Crippen LogP contribution in [0.15, 0.2) is 24.3 Å². The Morgan fingerprint density at radius 2 is 1.88 bits per heavy atom. The fourth-order valence-electron chi connectivity index (χ4n) is 1.13. The fourth-order valence-corrected chi connectivity index (χ4v) is 3.57. The number of halogens is 2. The predicted octanol–water partition coefficient (Wildman–Crippen LogP) is 2.21. The van der Waals surface area contributed by atoms with E-state index in [4.69, 9.17) is 17.3 Å². The zero-order valence-electron chi connectivity index (χ0n) is 8.98. The number of sulfone groups is 1. The molecule has 0 radical (unpaired) electrons. The van der Waals surface area contributed by atoms with Crippen molar-refractivity contribution >= 4 is 55.5 Å². The molecule has 1 aromatic carbocycles. The number of benzene rings is 1. The van der Waals surface area contributed by atoms with Crippen LogP contribution < -0.4 is 5.73 Å². The number of carbonyl (C=O) groups is 1. The monoisotopic (exact) mass is 387 g/mol. The molecule has 0 heterocycles. The molecular weight excluding hydrogens is 377 g/mol. The Morgan fingerprint density at radius 1 is 1.41 bits per heavy atom. The largest absolute Gasteiger partial charge is 0.399 e. The first-order valence-corrected chi connectivity index (χ1v) is 7.83. The van der Waals surface area contributed by atoms with E-state index in [-0.39, 0.29) is 11.3 Å². The highest BCUT2D eigenvalue weighted by Gasteiger charge is 2.45. The number of anilines is 1. The summed E-state index contributed by atoms with van der Waals surface area (Å²) in [5, 5.41) is 0. The van der Waals surface area contributed by atoms with E-state index in [1.54, 1.807) is 0 Å². The van der Waals surface area contributed by atoms with Gasteiger partial charge in [0.05, 0.1) is 5.75 Å². The van der Waals surface area contributed by atoms with Crippen LogP contribution >= 0.6 is 34.2 Å². The van der Waals surface area contributed by atoms with Crippen molar-refractivity contribution < 1.29 is 13.2 Å². The summed E-state index contributed by atoms with van der Waals surface area (Å²) in [6, 6.07) is 5.96. The van der Waals surface area contributed by atoms with Gasteiger partial charge in [-0.15, -0.1) is 0 Å². The third kappa shape index (κ3) is 2.92. The van der Waals surface area contributed by atoms with E-state index < -0.39 is 17.8 Å². The minimum atomic E-state index is -3.68. The summed E-state index contributed by atoms with van der Waals surface area (Å²) in [6.45, 7) is 1.45. The molecule has 94 valence electrons. The van der Waals surface area contributed by atoms with Gasteiger partial charge in [0.25, 0.3) is 2.21 Å². The minimum absolute atomic E-state index is 0.194. The van der Waals surface area contributed by atoms with Crippen LogP contribution in [-0.4, -0.2) is 22.2 Å². The first kappa shape index (κ1) is 14.7. The van der Waals surface area contributed by atoms with Crippen LogP contribution in [0.5, 0.6) is 0 Å². The number of rotatable bonds is 4. The lowest BCUT2D eigenvalue weighted by atomic mass is 10.1. The van der Waals surface area contributed by atoms with Gasteiger partial charge in [-0.1, -0.05) is 18.5 Å². The van der Waals surface area contributed by atoms with Crippen molar-refractivity contribution in [2.24, 2.45) is 0 Å². The van der Waals surface area contributed by atoms with Gasteiger partial charge < -0.3 is 5.73 Å². The maximum Gasteiger partial charge on any atom is 0.257 e. The van der Waals surface area contributed by atoms with Gasteiger partial charge in [-0.05, 0) is 46.9 Å². The molecule has 0 aliphatic rings. The topological polar surface area (TPSA) is 77.2 Å². The van der Waals surface area contributed by atoms with Gasteiger partial charge in [0.15, 0.2) is 9.84 Å². The summed E-state index contributed by atoms with van der Waals surface area (Å²) in [7, 11) is -3.68. The van der Waals surface area contributed by atoms with Gasteiger partial charge in [0.2, 0.25) is 5.78 Å². The minimum Gasteiger partial charge on any atom is -0.399 e. The smallest absolute Gasteiger partial charge is 0.257 e. The number of ketones is 1. The Balaban J connectivity index is 3.18. The number of nitrogen functional groups attached to an aromatic ring is 1. The molecule has 0 aromatic heterocycles. The van der Waals surface area contributed by atoms with Crippen LogP contribution in [0.2, 0.25) is 0 Å². The molecule has 17 heavy (non-hydrogen) atoms. The standard InChI is InChI=1S/C10H11ClINO3S/c1-2-17(15,16)10(11,12)9(14)7-3-5-8(13)6-4-7/h3-6H,2,13H2,1H3. The molecule has 0 aliphatic heterocycles. The second-order valence-electron chi connectivity index (χ2n) is 3.37. The molecule has 1 unspecified atom stereocenters. The average molecular weight is 388 g/mol. The lowest BCUT2D eigenvalue weighted by molar-refractivity contribution is 0.100. The van der Waals surface area contributed by atoms with Gasteiger partial charge in [-0.25, -0.2) is 8.42 Å². The molecule has 1 rings (SSSR count). The van der Waals surface area contributed by atoms with Crippen LogP contribution in [0.25, 0.3) is 0 Å². The first-order chi connectivity index (χ1) is 7.72. The number of nitrogens with two attached hydrogens (primary N) is 1. The van der Waals surface area contributed by atoms with E-state index in [0.717, 1.165) is 0 Å². The lowest BCUT2D eigenvalue weighted by Crippen LogP contribution is -2.36. The van der Waals surface area contributed by atoms with Crippen molar-refractivity contribution in [2.45, 2.75) is 9.14 Å². The molecule has 7 heteroatoms. The van der Waals surface area contributed by atoms with Crippen molar-refractivity contribution in [1.82, 2.24) is 0 Å². The van der Waals surface area contributed by atoms with Gasteiger partial charge in [0.1, 0.15) is 0 Å². The van der Waals surface area contributed by atoms with E-state index >= 15 is 0 Å². The molecule has 0 saturated heterocycles. The van der Waals surface area contributed by atoms with Gasteiger partial charge in [0, 0.05) is 11.3 Å². The maximum absolute atomic E-state index is 12.0. The Hall–Kier alpha value is -0.340. The molecule has 1 aromatic rings. The summed E-state index contributed by atoms with van der Waals surface area (Å²) < 4.78 is 21.5. The molecule has 0 bridgehead atoms. The molecule has 0 spiro atoms. The summed E-state index contributed by atoms with van der Waals surface area (Å²) in [6.07, 6.45) is 0. The van der Waals surface area contributed by atoms with Crippen LogP contribution in [0.4, 0.5) is 5.69 Å². The number of Topliss-reactive ketones (excluding diaryl/α,β-unsaturated/α-hetero) is 1. The Labute approximate surface area is 119 Å². The highest BCUT2D eigenvalue weighted by Crippen LogP contribution is 2.35. The summed E-state index contributed by atoms with van der Waals surface area (Å²) >= 11 is 7.32. The van der Waals surface area contributed by atoms with Crippen molar-refractivity contribution in [3.05, 3.63) is 29.8 Å². The quantitative estimate of drug-likeness (QED) is 0.372. The zero-order chi connectivity index (χ0) is 13.3. The normalized spacial score (nSPS) is 15.2. The molecule has 0 fully saturated rings. The van der Waals surface area contributed by atoms with Gasteiger partial charge in [-0.3, -0.25) is 4.79 Å². The van der Waals surface area contributed by atoms with Crippen LogP contribution in [-0.2, 0) is 9.84 Å². The molecule has 4 nitrogen and oxygen atoms in total. The molecule has 2 N–H and O–H groups in total. The van der Waals surface area contributed by atoms with E-state index in [1.165, 1.54) is 53.8 Å². The first-order valence-electron chi connectivity index (χ1n) is 4.73. The van der Waals surface area contributed by atoms with Crippen molar-refractivity contribution in [3.63, 3.8) is 0 Å². The molecule has 1 atom stereocenters. The Morgan fingerprint density at radius 3 is 2.29 bits per heavy atom. The Bertz CT molecular complexity index is 525. The molecular formula is C10H11ClINO3S. The van der Waals surface area contributed by atoms with E-state index in [9.17, 15) is 13.2 Å². The fraction of sp³-hybridized carbons (Fsp3) is 0.300. The molecule has 0 saturated carbocycles. The van der Waals surface area contributed by atoms with Crippen LogP contribution in [0.1, 0.15) is 17.3 Å². The number of hydrogen-bond donors (Lipinski definition) is 1. The summed E-state index contributed by atoms with van der Waals surface area (Å²) in [4.78, 5) is 12.0. The van der Waals surface area contributed by atoms with Crippen molar-refractivity contribution in [1.29, 1.82) is 0 Å².